The Morgan fingerprint density at radius 1 is 0.828 bits per heavy atom. The Bertz CT molecular complexity index is 762. The minimum Gasteiger partial charge on any atom is -0.462 e. The van der Waals surface area contributed by atoms with E-state index in [1.165, 1.54) is 0 Å². The second-order valence-corrected chi connectivity index (χ2v) is 7.24. The molecule has 7 nitrogen and oxygen atoms in total. The van der Waals surface area contributed by atoms with Gasteiger partial charge in [0.1, 0.15) is 30.2 Å². The zero-order chi connectivity index (χ0) is 20.8. The lowest BCUT2D eigenvalue weighted by atomic mass is 9.99. The van der Waals surface area contributed by atoms with Gasteiger partial charge in [0.05, 0.1) is 6.61 Å². The molecule has 2 aromatic rings. The van der Waals surface area contributed by atoms with E-state index in [0.717, 1.165) is 29.5 Å². The predicted octanol–water partition coefficient (Wildman–Crippen LogP) is 0.381. The van der Waals surface area contributed by atoms with Crippen LogP contribution >= 0.6 is 0 Å². The third kappa shape index (κ3) is 5.33. The zero-order valence-electron chi connectivity index (χ0n) is 16.1. The molecule has 0 radical (unpaired) electrons. The molecule has 158 valence electrons. The van der Waals surface area contributed by atoms with E-state index in [4.69, 9.17) is 14.6 Å². The van der Waals surface area contributed by atoms with Crippen molar-refractivity contribution in [3.05, 3.63) is 65.2 Å². The van der Waals surface area contributed by atoms with Crippen molar-refractivity contribution in [1.29, 1.82) is 0 Å². The van der Waals surface area contributed by atoms with Gasteiger partial charge >= 0.3 is 0 Å². The highest BCUT2D eigenvalue weighted by Gasteiger charge is 2.44. The first-order valence-electron chi connectivity index (χ1n) is 9.77. The monoisotopic (exact) mass is 404 g/mol. The molecular formula is C22H28O7. The molecule has 7 heteroatoms. The Labute approximate surface area is 169 Å². The van der Waals surface area contributed by atoms with Crippen molar-refractivity contribution >= 4 is 0 Å². The molecule has 29 heavy (non-hydrogen) atoms. The molecule has 3 rings (SSSR count). The fraction of sp³-hybridized carbons (Fsp3) is 0.455. The second kappa shape index (κ2) is 10.2. The molecule has 1 aliphatic heterocycles. The first-order chi connectivity index (χ1) is 14.0. The number of aliphatic hydroxyl groups excluding tert-OH is 5. The average Bonchev–Trinajstić information content (AvgIpc) is 2.75. The summed E-state index contributed by atoms with van der Waals surface area (Å²) in [7, 11) is 0. The molecular weight excluding hydrogens is 376 g/mol. The van der Waals surface area contributed by atoms with Crippen LogP contribution in [0.1, 0.15) is 23.1 Å². The van der Waals surface area contributed by atoms with Crippen LogP contribution in [0.4, 0.5) is 0 Å². The molecule has 0 aliphatic carbocycles. The van der Waals surface area contributed by atoms with E-state index >= 15 is 0 Å². The van der Waals surface area contributed by atoms with Gasteiger partial charge in [-0.2, -0.15) is 0 Å². The van der Waals surface area contributed by atoms with Gasteiger partial charge in [-0.15, -0.1) is 0 Å². The van der Waals surface area contributed by atoms with Crippen LogP contribution in [0.15, 0.2) is 48.5 Å². The van der Waals surface area contributed by atoms with E-state index in [2.05, 4.69) is 0 Å². The van der Waals surface area contributed by atoms with Crippen LogP contribution in [0.2, 0.25) is 0 Å². The third-order valence-electron chi connectivity index (χ3n) is 5.11. The molecule has 0 saturated carbocycles. The fourth-order valence-electron chi connectivity index (χ4n) is 3.38. The minimum atomic E-state index is -1.48. The normalized spacial score (nSPS) is 27.0. The zero-order valence-corrected chi connectivity index (χ0v) is 16.1. The molecule has 1 saturated heterocycles. The van der Waals surface area contributed by atoms with Gasteiger partial charge in [0.15, 0.2) is 0 Å². The van der Waals surface area contributed by atoms with E-state index in [-0.39, 0.29) is 6.61 Å². The van der Waals surface area contributed by atoms with Crippen molar-refractivity contribution < 1.29 is 35.0 Å². The Kier molecular flexibility index (Phi) is 7.60. The minimum absolute atomic E-state index is 0.171. The van der Waals surface area contributed by atoms with Crippen molar-refractivity contribution in [2.24, 2.45) is 0 Å². The molecule has 5 N–H and O–H groups in total. The van der Waals surface area contributed by atoms with E-state index in [1.807, 2.05) is 36.4 Å². The summed E-state index contributed by atoms with van der Waals surface area (Å²) in [6.45, 7) is -0.334. The van der Waals surface area contributed by atoms with Crippen LogP contribution in [0.5, 0.6) is 5.75 Å². The highest BCUT2D eigenvalue weighted by molar-refractivity contribution is 5.38. The number of hydrogen-bond acceptors (Lipinski definition) is 7. The van der Waals surface area contributed by atoms with Gasteiger partial charge in [-0.25, -0.2) is 0 Å². The van der Waals surface area contributed by atoms with E-state index in [1.54, 1.807) is 12.1 Å². The van der Waals surface area contributed by atoms with Gasteiger partial charge < -0.3 is 35.0 Å². The number of aryl methyl sites for hydroxylation is 1. The number of para-hydroxylation sites is 1. The second-order valence-electron chi connectivity index (χ2n) is 7.24. The van der Waals surface area contributed by atoms with Crippen LogP contribution < -0.4 is 4.74 Å². The molecule has 0 amide bonds. The molecule has 1 fully saturated rings. The molecule has 0 aromatic heterocycles. The maximum Gasteiger partial charge on any atom is 0.229 e. The predicted molar refractivity (Wildman–Crippen MR) is 105 cm³/mol. The number of ether oxygens (including phenoxy) is 2. The van der Waals surface area contributed by atoms with Crippen LogP contribution in [-0.2, 0) is 17.6 Å². The summed E-state index contributed by atoms with van der Waals surface area (Å²) < 4.78 is 11.3. The van der Waals surface area contributed by atoms with Crippen molar-refractivity contribution in [3.8, 4) is 5.75 Å². The summed E-state index contributed by atoms with van der Waals surface area (Å²) in [6.07, 6.45) is -4.44. The highest BCUT2D eigenvalue weighted by Crippen LogP contribution is 2.28. The van der Waals surface area contributed by atoms with Crippen molar-refractivity contribution in [3.63, 3.8) is 0 Å². The molecule has 0 bridgehead atoms. The number of benzene rings is 2. The van der Waals surface area contributed by atoms with Crippen LogP contribution in [0.25, 0.3) is 0 Å². The van der Waals surface area contributed by atoms with Crippen molar-refractivity contribution in [1.82, 2.24) is 0 Å². The number of rotatable bonds is 8. The SMILES string of the molecule is OCCCc1ccc(Cc2ccccc2O[C@H]2O[C@H](CO)[C@@H](O)[C@H](O)[C@H]2O)cc1. The maximum absolute atomic E-state index is 10.2. The molecule has 5 atom stereocenters. The lowest BCUT2D eigenvalue weighted by Gasteiger charge is -2.39. The lowest BCUT2D eigenvalue weighted by Crippen LogP contribution is -2.60. The summed E-state index contributed by atoms with van der Waals surface area (Å²) in [4.78, 5) is 0. The largest absolute Gasteiger partial charge is 0.462 e. The summed E-state index contributed by atoms with van der Waals surface area (Å²) >= 11 is 0. The van der Waals surface area contributed by atoms with Crippen LogP contribution in [0, 0.1) is 0 Å². The van der Waals surface area contributed by atoms with Crippen LogP contribution in [-0.4, -0.2) is 69.5 Å². The van der Waals surface area contributed by atoms with Crippen molar-refractivity contribution in [2.75, 3.05) is 13.2 Å². The maximum atomic E-state index is 10.2. The van der Waals surface area contributed by atoms with Gasteiger partial charge in [0.2, 0.25) is 6.29 Å². The van der Waals surface area contributed by atoms with Gasteiger partial charge in [-0.05, 0) is 35.6 Å². The summed E-state index contributed by atoms with van der Waals surface area (Å²) in [5, 5.41) is 48.3. The number of aliphatic hydroxyl groups is 5. The Balaban J connectivity index is 1.72. The molecule has 2 aromatic carbocycles. The topological polar surface area (TPSA) is 120 Å². The van der Waals surface area contributed by atoms with Gasteiger partial charge in [0.25, 0.3) is 0 Å². The van der Waals surface area contributed by atoms with Crippen LogP contribution in [0.3, 0.4) is 0 Å². The molecule has 1 aliphatic rings. The smallest absolute Gasteiger partial charge is 0.229 e. The first kappa shape index (κ1) is 21.7. The van der Waals surface area contributed by atoms with Gasteiger partial charge in [0, 0.05) is 13.0 Å². The quantitative estimate of drug-likeness (QED) is 0.432. The fourth-order valence-corrected chi connectivity index (χ4v) is 3.38. The standard InChI is InChI=1S/C22H28O7/c23-11-3-4-14-7-9-15(10-8-14)12-16-5-1-2-6-17(16)28-22-21(27)20(26)19(25)18(13-24)29-22/h1-2,5-10,18-27H,3-4,11-13H2/t18-,19-,20+,21-,22+/m1/s1. The van der Waals surface area contributed by atoms with E-state index in [9.17, 15) is 20.4 Å². The summed E-state index contributed by atoms with van der Waals surface area (Å²) in [5.74, 6) is 0.487. The number of hydrogen-bond donors (Lipinski definition) is 5. The van der Waals surface area contributed by atoms with E-state index < -0.39 is 37.3 Å². The Morgan fingerprint density at radius 2 is 1.52 bits per heavy atom. The summed E-state index contributed by atoms with van der Waals surface area (Å²) in [6, 6.07) is 15.4. The highest BCUT2D eigenvalue weighted by atomic mass is 16.7. The van der Waals surface area contributed by atoms with E-state index in [0.29, 0.717) is 12.2 Å². The van der Waals surface area contributed by atoms with Gasteiger partial charge in [-0.3, -0.25) is 0 Å². The Morgan fingerprint density at radius 3 is 2.21 bits per heavy atom. The van der Waals surface area contributed by atoms with Crippen molar-refractivity contribution in [2.45, 2.75) is 50.0 Å². The molecule has 0 spiro atoms. The Hall–Kier alpha value is -2.00. The lowest BCUT2D eigenvalue weighted by molar-refractivity contribution is -0.277. The molecule has 1 heterocycles. The van der Waals surface area contributed by atoms with Gasteiger partial charge in [-0.1, -0.05) is 42.5 Å². The third-order valence-corrected chi connectivity index (χ3v) is 5.11. The molecule has 0 unspecified atom stereocenters. The first-order valence-corrected chi connectivity index (χ1v) is 9.77. The average molecular weight is 404 g/mol. The summed E-state index contributed by atoms with van der Waals surface area (Å²) in [5.41, 5.74) is 3.10.